The summed E-state index contributed by atoms with van der Waals surface area (Å²) in [5, 5.41) is 2.83. The first kappa shape index (κ1) is 14.1. The van der Waals surface area contributed by atoms with Crippen LogP contribution in [0.5, 0.6) is 0 Å². The lowest BCUT2D eigenvalue weighted by atomic mass is 10.2. The normalized spacial score (nSPS) is 10.7. The molecular formula is C18H13N5O. The number of anilines is 1. The summed E-state index contributed by atoms with van der Waals surface area (Å²) in [6.45, 7) is 0. The summed E-state index contributed by atoms with van der Waals surface area (Å²) in [7, 11) is 0. The molecule has 24 heavy (non-hydrogen) atoms. The van der Waals surface area contributed by atoms with Crippen molar-refractivity contribution < 1.29 is 4.79 Å². The highest BCUT2D eigenvalue weighted by Gasteiger charge is 2.09. The van der Waals surface area contributed by atoms with Crippen LogP contribution < -0.4 is 5.32 Å². The number of hydrogen-bond acceptors (Lipinski definition) is 4. The fourth-order valence-corrected chi connectivity index (χ4v) is 2.40. The molecule has 1 aromatic carbocycles. The molecule has 4 aromatic rings. The second-order valence-electron chi connectivity index (χ2n) is 5.20. The first-order valence-corrected chi connectivity index (χ1v) is 7.43. The Hall–Kier alpha value is -3.54. The van der Waals surface area contributed by atoms with E-state index in [1.165, 1.54) is 0 Å². The van der Waals surface area contributed by atoms with Crippen LogP contribution in [-0.4, -0.2) is 25.8 Å². The van der Waals surface area contributed by atoms with Gasteiger partial charge in [0.05, 0.1) is 11.0 Å². The van der Waals surface area contributed by atoms with E-state index in [1.807, 2.05) is 36.4 Å². The number of fused-ring (bicyclic) bond motifs is 1. The predicted octanol–water partition coefficient (Wildman–Crippen LogP) is 3.27. The molecule has 0 unspecified atom stereocenters. The van der Waals surface area contributed by atoms with Gasteiger partial charge < -0.3 is 10.3 Å². The number of rotatable bonds is 3. The third-order valence-electron chi connectivity index (χ3n) is 3.54. The van der Waals surface area contributed by atoms with Gasteiger partial charge in [-0.2, -0.15) is 0 Å². The number of aromatic nitrogens is 4. The van der Waals surface area contributed by atoms with Crippen molar-refractivity contribution in [1.82, 2.24) is 19.9 Å². The Morgan fingerprint density at radius 2 is 1.79 bits per heavy atom. The lowest BCUT2D eigenvalue weighted by molar-refractivity contribution is 0.102. The Bertz CT molecular complexity index is 996. The number of hydrogen-bond donors (Lipinski definition) is 2. The van der Waals surface area contributed by atoms with E-state index < -0.39 is 0 Å². The number of carbonyl (C=O) groups excluding carboxylic acids is 1. The largest absolute Gasteiger partial charge is 0.337 e. The SMILES string of the molecule is O=C(Nc1ccc2nc(-c3ccccn3)[nH]c2c1)c1ccccn1. The number of imidazole rings is 1. The van der Waals surface area contributed by atoms with E-state index in [9.17, 15) is 4.79 Å². The monoisotopic (exact) mass is 315 g/mol. The van der Waals surface area contributed by atoms with Crippen LogP contribution in [0.4, 0.5) is 5.69 Å². The molecule has 0 aliphatic carbocycles. The first-order chi connectivity index (χ1) is 11.8. The fraction of sp³-hybridized carbons (Fsp3) is 0. The lowest BCUT2D eigenvalue weighted by Crippen LogP contribution is -2.13. The second-order valence-corrected chi connectivity index (χ2v) is 5.20. The molecule has 4 rings (SSSR count). The number of carbonyl (C=O) groups is 1. The predicted molar refractivity (Wildman–Crippen MR) is 91.5 cm³/mol. The quantitative estimate of drug-likeness (QED) is 0.608. The smallest absolute Gasteiger partial charge is 0.274 e. The molecule has 0 aliphatic heterocycles. The van der Waals surface area contributed by atoms with Crippen LogP contribution in [0.2, 0.25) is 0 Å². The van der Waals surface area contributed by atoms with Gasteiger partial charge in [0.25, 0.3) is 5.91 Å². The topological polar surface area (TPSA) is 83.6 Å². The summed E-state index contributed by atoms with van der Waals surface area (Å²) in [5.74, 6) is 0.443. The molecule has 2 N–H and O–H groups in total. The van der Waals surface area contributed by atoms with Gasteiger partial charge in [-0.25, -0.2) is 4.98 Å². The van der Waals surface area contributed by atoms with E-state index in [4.69, 9.17) is 0 Å². The molecule has 0 saturated carbocycles. The van der Waals surface area contributed by atoms with Gasteiger partial charge in [0.15, 0.2) is 5.82 Å². The van der Waals surface area contributed by atoms with E-state index in [0.29, 0.717) is 17.2 Å². The highest BCUT2D eigenvalue weighted by atomic mass is 16.1. The van der Waals surface area contributed by atoms with Gasteiger partial charge in [-0.1, -0.05) is 12.1 Å². The molecule has 116 valence electrons. The molecule has 3 aromatic heterocycles. The zero-order chi connectivity index (χ0) is 16.4. The minimum absolute atomic E-state index is 0.251. The van der Waals surface area contributed by atoms with E-state index in [2.05, 4.69) is 25.3 Å². The van der Waals surface area contributed by atoms with Gasteiger partial charge >= 0.3 is 0 Å². The van der Waals surface area contributed by atoms with E-state index in [0.717, 1.165) is 16.7 Å². The third-order valence-corrected chi connectivity index (χ3v) is 3.54. The van der Waals surface area contributed by atoms with E-state index in [-0.39, 0.29) is 5.91 Å². The molecular weight excluding hydrogens is 302 g/mol. The summed E-state index contributed by atoms with van der Waals surface area (Å²) >= 11 is 0. The van der Waals surface area contributed by atoms with Crippen molar-refractivity contribution in [1.29, 1.82) is 0 Å². The number of benzene rings is 1. The Labute approximate surface area is 137 Å². The minimum atomic E-state index is -0.251. The first-order valence-electron chi connectivity index (χ1n) is 7.43. The molecule has 0 spiro atoms. The highest BCUT2D eigenvalue weighted by Crippen LogP contribution is 2.21. The Morgan fingerprint density at radius 1 is 0.958 bits per heavy atom. The standard InChI is InChI=1S/C18H13N5O/c24-18(15-6-2-4-10-20-15)21-12-7-8-13-16(11-12)23-17(22-13)14-5-1-3-9-19-14/h1-11H,(H,21,24)(H,22,23). The summed E-state index contributed by atoms with van der Waals surface area (Å²) in [5.41, 5.74) is 3.46. The zero-order valence-electron chi connectivity index (χ0n) is 12.6. The molecule has 0 saturated heterocycles. The fourth-order valence-electron chi connectivity index (χ4n) is 2.40. The van der Waals surface area contributed by atoms with Gasteiger partial charge in [-0.3, -0.25) is 14.8 Å². The molecule has 0 aliphatic rings. The number of nitrogens with one attached hydrogen (secondary N) is 2. The van der Waals surface area contributed by atoms with Crippen molar-refractivity contribution in [3.8, 4) is 11.5 Å². The van der Waals surface area contributed by atoms with Crippen LogP contribution in [-0.2, 0) is 0 Å². The van der Waals surface area contributed by atoms with Crippen LogP contribution in [0.25, 0.3) is 22.6 Å². The zero-order valence-corrected chi connectivity index (χ0v) is 12.6. The number of H-pyrrole nitrogens is 1. The third kappa shape index (κ3) is 2.72. The van der Waals surface area contributed by atoms with Crippen LogP contribution >= 0.6 is 0 Å². The van der Waals surface area contributed by atoms with Gasteiger partial charge in [-0.15, -0.1) is 0 Å². The average Bonchev–Trinajstić information content (AvgIpc) is 3.06. The molecule has 0 fully saturated rings. The highest BCUT2D eigenvalue weighted by molar-refractivity contribution is 6.03. The maximum Gasteiger partial charge on any atom is 0.274 e. The summed E-state index contributed by atoms with van der Waals surface area (Å²) in [6.07, 6.45) is 3.31. The molecule has 3 heterocycles. The molecule has 0 atom stereocenters. The van der Waals surface area contributed by atoms with Crippen molar-refractivity contribution in [2.45, 2.75) is 0 Å². The van der Waals surface area contributed by atoms with Crippen LogP contribution in [0, 0.1) is 0 Å². The molecule has 6 nitrogen and oxygen atoms in total. The maximum atomic E-state index is 12.2. The van der Waals surface area contributed by atoms with Crippen molar-refractivity contribution in [2.24, 2.45) is 0 Å². The average molecular weight is 315 g/mol. The van der Waals surface area contributed by atoms with Crippen molar-refractivity contribution in [3.63, 3.8) is 0 Å². The molecule has 6 heteroatoms. The van der Waals surface area contributed by atoms with E-state index in [1.54, 1.807) is 30.6 Å². The lowest BCUT2D eigenvalue weighted by Gasteiger charge is -2.04. The van der Waals surface area contributed by atoms with Crippen molar-refractivity contribution in [2.75, 3.05) is 5.32 Å². The number of amides is 1. The van der Waals surface area contributed by atoms with Gasteiger partial charge in [0, 0.05) is 18.1 Å². The Kier molecular flexibility index (Phi) is 3.47. The Morgan fingerprint density at radius 3 is 2.54 bits per heavy atom. The van der Waals surface area contributed by atoms with E-state index >= 15 is 0 Å². The van der Waals surface area contributed by atoms with Crippen LogP contribution in [0.3, 0.4) is 0 Å². The van der Waals surface area contributed by atoms with Crippen molar-refractivity contribution in [3.05, 3.63) is 72.7 Å². The summed E-state index contributed by atoms with van der Waals surface area (Å²) < 4.78 is 0. The summed E-state index contributed by atoms with van der Waals surface area (Å²) in [4.78, 5) is 28.2. The molecule has 0 bridgehead atoms. The maximum absolute atomic E-state index is 12.2. The summed E-state index contributed by atoms with van der Waals surface area (Å²) in [6, 6.07) is 16.4. The minimum Gasteiger partial charge on any atom is -0.337 e. The van der Waals surface area contributed by atoms with Crippen LogP contribution in [0.15, 0.2) is 67.0 Å². The number of pyridine rings is 2. The number of nitrogens with zero attached hydrogens (tertiary/aromatic N) is 3. The van der Waals surface area contributed by atoms with Gasteiger partial charge in [0.2, 0.25) is 0 Å². The van der Waals surface area contributed by atoms with Gasteiger partial charge in [-0.05, 0) is 42.5 Å². The molecule has 1 amide bonds. The Balaban J connectivity index is 1.63. The second kappa shape index (κ2) is 5.92. The molecule has 0 radical (unpaired) electrons. The number of aromatic amines is 1. The van der Waals surface area contributed by atoms with Gasteiger partial charge in [0.1, 0.15) is 11.4 Å². The van der Waals surface area contributed by atoms with Crippen LogP contribution in [0.1, 0.15) is 10.5 Å². The van der Waals surface area contributed by atoms with Crippen molar-refractivity contribution >= 4 is 22.6 Å².